The van der Waals surface area contributed by atoms with Crippen LogP contribution in [0.1, 0.15) is 39.3 Å². The summed E-state index contributed by atoms with van der Waals surface area (Å²) in [5.74, 6) is -0.0695. The Balaban J connectivity index is 1.55. The molecular formula is C22H35N2O7. The number of hydroxylamine groups is 2. The highest BCUT2D eigenvalue weighted by molar-refractivity contribution is 5.34. The highest BCUT2D eigenvalue weighted by Crippen LogP contribution is 2.49. The van der Waals surface area contributed by atoms with E-state index in [2.05, 4.69) is 4.98 Å². The topological polar surface area (TPSA) is 91.4 Å². The normalized spacial score (nSPS) is 25.2. The second-order valence-electron chi connectivity index (χ2n) is 8.69. The van der Waals surface area contributed by atoms with Crippen molar-refractivity contribution in [3.8, 4) is 5.75 Å². The number of hydrogen-bond acceptors (Lipinski definition) is 8. The Labute approximate surface area is 184 Å². The minimum atomic E-state index is -0.819. The van der Waals surface area contributed by atoms with Crippen molar-refractivity contribution in [1.29, 1.82) is 0 Å². The predicted molar refractivity (Wildman–Crippen MR) is 111 cm³/mol. The SMILES string of the molecule is COCCOCCOCCOc1cccnc1C1(C)CCC2(COC(C)(C)OC2)N1[O]. The molecule has 2 aliphatic heterocycles. The van der Waals surface area contributed by atoms with Gasteiger partial charge < -0.3 is 28.4 Å². The molecular weight excluding hydrogens is 404 g/mol. The zero-order valence-corrected chi connectivity index (χ0v) is 19.1. The smallest absolute Gasteiger partial charge is 0.162 e. The van der Waals surface area contributed by atoms with Gasteiger partial charge in [-0.1, -0.05) is 0 Å². The fourth-order valence-electron chi connectivity index (χ4n) is 3.96. The van der Waals surface area contributed by atoms with E-state index in [9.17, 15) is 5.21 Å². The molecule has 1 spiro atoms. The van der Waals surface area contributed by atoms with Gasteiger partial charge in [0, 0.05) is 13.3 Å². The standard InChI is InChI=1S/C22H35N2O7/c1-20(2)30-16-22(17-31-20)8-7-21(3,24(22)25)19-18(6-5-9-23-19)29-15-14-28-13-12-27-11-10-26-4/h5-6,9H,7-8,10-17H2,1-4H3. The first kappa shape index (κ1) is 24.3. The predicted octanol–water partition coefficient (Wildman–Crippen LogP) is 2.32. The van der Waals surface area contributed by atoms with E-state index in [-0.39, 0.29) is 0 Å². The first-order valence-corrected chi connectivity index (χ1v) is 10.8. The van der Waals surface area contributed by atoms with E-state index in [0.29, 0.717) is 77.1 Å². The summed E-state index contributed by atoms with van der Waals surface area (Å²) in [4.78, 5) is 4.53. The van der Waals surface area contributed by atoms with Crippen molar-refractivity contribution >= 4 is 0 Å². The van der Waals surface area contributed by atoms with Crippen LogP contribution in [0.2, 0.25) is 0 Å². The Morgan fingerprint density at radius 3 is 2.32 bits per heavy atom. The van der Waals surface area contributed by atoms with Crippen molar-refractivity contribution in [1.82, 2.24) is 10.0 Å². The fourth-order valence-corrected chi connectivity index (χ4v) is 3.96. The molecule has 175 valence electrons. The van der Waals surface area contributed by atoms with Gasteiger partial charge in [0.15, 0.2) is 5.79 Å². The van der Waals surface area contributed by atoms with Gasteiger partial charge >= 0.3 is 0 Å². The Morgan fingerprint density at radius 1 is 1.00 bits per heavy atom. The highest BCUT2D eigenvalue weighted by atomic mass is 16.7. The molecule has 1 unspecified atom stereocenters. The highest BCUT2D eigenvalue weighted by Gasteiger charge is 2.58. The molecule has 1 aromatic heterocycles. The first-order valence-electron chi connectivity index (χ1n) is 10.8. The molecule has 2 saturated heterocycles. The lowest BCUT2D eigenvalue weighted by Crippen LogP contribution is -2.59. The third-order valence-corrected chi connectivity index (χ3v) is 5.90. The van der Waals surface area contributed by atoms with Crippen molar-refractivity contribution in [3.05, 3.63) is 24.0 Å². The molecule has 0 aliphatic carbocycles. The van der Waals surface area contributed by atoms with E-state index >= 15 is 0 Å². The maximum Gasteiger partial charge on any atom is 0.162 e. The number of pyridine rings is 1. The Hall–Kier alpha value is -1.33. The molecule has 0 bridgehead atoms. The average Bonchev–Trinajstić information content (AvgIpc) is 3.01. The second kappa shape index (κ2) is 10.5. The van der Waals surface area contributed by atoms with E-state index in [1.807, 2.05) is 32.9 Å². The molecule has 1 radical (unpaired) electrons. The fraction of sp³-hybridized carbons (Fsp3) is 0.773. The van der Waals surface area contributed by atoms with Crippen LogP contribution in [0.15, 0.2) is 18.3 Å². The van der Waals surface area contributed by atoms with Crippen LogP contribution in [0.3, 0.4) is 0 Å². The zero-order valence-electron chi connectivity index (χ0n) is 19.1. The zero-order chi connectivity index (χ0) is 22.4. The number of nitrogens with zero attached hydrogens (tertiary/aromatic N) is 2. The number of aromatic nitrogens is 1. The molecule has 0 N–H and O–H groups in total. The molecule has 9 nitrogen and oxygen atoms in total. The van der Waals surface area contributed by atoms with E-state index in [4.69, 9.17) is 28.4 Å². The van der Waals surface area contributed by atoms with Crippen LogP contribution in [-0.2, 0) is 34.4 Å². The van der Waals surface area contributed by atoms with Gasteiger partial charge in [-0.15, -0.1) is 10.3 Å². The lowest BCUT2D eigenvalue weighted by atomic mass is 9.93. The molecule has 0 amide bonds. The van der Waals surface area contributed by atoms with Gasteiger partial charge in [0.25, 0.3) is 0 Å². The summed E-state index contributed by atoms with van der Waals surface area (Å²) in [6, 6.07) is 3.65. The van der Waals surface area contributed by atoms with Crippen LogP contribution in [-0.4, -0.2) is 81.3 Å². The molecule has 1 aromatic rings. The summed E-state index contributed by atoms with van der Waals surface area (Å²) in [7, 11) is 1.64. The Bertz CT molecular complexity index is 692. The van der Waals surface area contributed by atoms with Gasteiger partial charge in [0.1, 0.15) is 18.1 Å². The van der Waals surface area contributed by atoms with Gasteiger partial charge in [-0.05, 0) is 45.7 Å². The summed E-state index contributed by atoms with van der Waals surface area (Å²) in [5, 5.41) is 14.6. The molecule has 3 rings (SSSR count). The third-order valence-electron chi connectivity index (χ3n) is 5.90. The van der Waals surface area contributed by atoms with Crippen molar-refractivity contribution in [3.63, 3.8) is 0 Å². The average molecular weight is 440 g/mol. The molecule has 2 fully saturated rings. The summed E-state index contributed by atoms with van der Waals surface area (Å²) in [5.41, 5.74) is -0.888. The number of methoxy groups -OCH3 is 1. The summed E-state index contributed by atoms with van der Waals surface area (Å²) in [6.45, 7) is 9.20. The minimum absolute atomic E-state index is 0.336. The quantitative estimate of drug-likeness (QED) is 0.485. The molecule has 3 heterocycles. The van der Waals surface area contributed by atoms with Gasteiger partial charge in [-0.3, -0.25) is 4.98 Å². The van der Waals surface area contributed by atoms with Crippen molar-refractivity contribution in [2.75, 3.05) is 60.0 Å². The van der Waals surface area contributed by atoms with Crippen LogP contribution < -0.4 is 4.74 Å². The van der Waals surface area contributed by atoms with Crippen LogP contribution >= 0.6 is 0 Å². The van der Waals surface area contributed by atoms with Crippen molar-refractivity contribution < 1.29 is 33.6 Å². The molecule has 0 saturated carbocycles. The lowest BCUT2D eigenvalue weighted by molar-refractivity contribution is -0.346. The Morgan fingerprint density at radius 2 is 1.65 bits per heavy atom. The van der Waals surface area contributed by atoms with Crippen LogP contribution in [0.4, 0.5) is 0 Å². The number of ether oxygens (including phenoxy) is 6. The van der Waals surface area contributed by atoms with Crippen LogP contribution in [0, 0.1) is 0 Å². The molecule has 2 aliphatic rings. The monoisotopic (exact) mass is 439 g/mol. The first-order chi connectivity index (χ1) is 14.8. The minimum Gasteiger partial charge on any atom is -0.489 e. The van der Waals surface area contributed by atoms with Crippen molar-refractivity contribution in [2.24, 2.45) is 0 Å². The second-order valence-corrected chi connectivity index (χ2v) is 8.69. The maximum absolute atomic E-state index is 13.5. The number of rotatable bonds is 11. The summed E-state index contributed by atoms with van der Waals surface area (Å²) < 4.78 is 33.4. The van der Waals surface area contributed by atoms with Gasteiger partial charge in [0.05, 0.1) is 57.3 Å². The van der Waals surface area contributed by atoms with E-state index in [0.717, 1.165) is 5.06 Å². The number of hydrogen-bond donors (Lipinski definition) is 0. The molecule has 1 atom stereocenters. The summed E-state index contributed by atoms with van der Waals surface area (Å²) >= 11 is 0. The van der Waals surface area contributed by atoms with Gasteiger partial charge in [-0.2, -0.15) is 0 Å². The molecule has 9 heteroatoms. The van der Waals surface area contributed by atoms with E-state index in [1.54, 1.807) is 13.3 Å². The lowest BCUT2D eigenvalue weighted by Gasteiger charge is -2.45. The van der Waals surface area contributed by atoms with E-state index < -0.39 is 16.9 Å². The molecule has 31 heavy (non-hydrogen) atoms. The van der Waals surface area contributed by atoms with Gasteiger partial charge in [0.2, 0.25) is 0 Å². The molecule has 0 aromatic carbocycles. The summed E-state index contributed by atoms with van der Waals surface area (Å²) in [6.07, 6.45) is 3.01. The Kier molecular flexibility index (Phi) is 8.25. The van der Waals surface area contributed by atoms with Crippen molar-refractivity contribution in [2.45, 2.75) is 50.5 Å². The van der Waals surface area contributed by atoms with Gasteiger partial charge in [-0.25, -0.2) is 0 Å². The largest absolute Gasteiger partial charge is 0.489 e. The van der Waals surface area contributed by atoms with Crippen LogP contribution in [0.5, 0.6) is 5.75 Å². The van der Waals surface area contributed by atoms with Crippen LogP contribution in [0.25, 0.3) is 0 Å². The maximum atomic E-state index is 13.5. The third kappa shape index (κ3) is 5.73. The van der Waals surface area contributed by atoms with E-state index in [1.165, 1.54) is 0 Å².